The predicted octanol–water partition coefficient (Wildman–Crippen LogP) is 3.17. The molecule has 4 rings (SSSR count). The molecule has 0 atom stereocenters. The first-order chi connectivity index (χ1) is 16.0. The molecule has 182 valence electrons. The molecule has 0 saturated heterocycles. The topological polar surface area (TPSA) is 123 Å². The van der Waals surface area contributed by atoms with Crippen molar-refractivity contribution in [3.63, 3.8) is 0 Å². The lowest BCUT2D eigenvalue weighted by atomic mass is 10.1. The lowest BCUT2D eigenvalue weighted by molar-refractivity contribution is -0.192. The van der Waals surface area contributed by atoms with Crippen molar-refractivity contribution in [3.8, 4) is 5.75 Å². The van der Waals surface area contributed by atoms with E-state index in [1.807, 2.05) is 0 Å². The Labute approximate surface area is 190 Å². The third-order valence-corrected chi connectivity index (χ3v) is 6.40. The summed E-state index contributed by atoms with van der Waals surface area (Å²) in [7, 11) is -3.82. The zero-order chi connectivity index (χ0) is 24.9. The number of aromatic nitrogens is 2. The molecule has 0 radical (unpaired) electrons. The van der Waals surface area contributed by atoms with Crippen LogP contribution >= 0.6 is 0 Å². The SMILES string of the molecule is O=C(O)C(F)(F)F.O=S(=O)(c1cccc(F)c1)N1CCc2onc(COc3cccnc3)c2C1. The molecule has 1 aromatic carbocycles. The van der Waals surface area contributed by atoms with E-state index in [4.69, 9.17) is 19.2 Å². The van der Waals surface area contributed by atoms with Gasteiger partial charge in [-0.25, -0.2) is 17.6 Å². The quantitative estimate of drug-likeness (QED) is 0.527. The highest BCUT2D eigenvalue weighted by Gasteiger charge is 2.38. The minimum Gasteiger partial charge on any atom is -0.486 e. The van der Waals surface area contributed by atoms with Gasteiger partial charge in [-0.3, -0.25) is 4.98 Å². The van der Waals surface area contributed by atoms with E-state index in [-0.39, 0.29) is 24.6 Å². The standard InChI is InChI=1S/C18H16FN3O4S.C2HF3O2/c19-13-3-1-5-15(9-13)27(23,24)22-8-6-18-16(11-22)17(21-26-18)12-25-14-4-2-7-20-10-14;3-2(4,5)1(6)7/h1-5,7,9-10H,6,8,11-12H2;(H,6,7). The maximum Gasteiger partial charge on any atom is 0.490 e. The zero-order valence-corrected chi connectivity index (χ0v) is 18.0. The van der Waals surface area contributed by atoms with Crippen molar-refractivity contribution in [1.29, 1.82) is 0 Å². The molecule has 34 heavy (non-hydrogen) atoms. The molecule has 3 aromatic rings. The monoisotopic (exact) mass is 503 g/mol. The van der Waals surface area contributed by atoms with Gasteiger partial charge in [0.05, 0.1) is 11.1 Å². The van der Waals surface area contributed by atoms with Gasteiger partial charge < -0.3 is 14.4 Å². The molecule has 14 heteroatoms. The predicted molar refractivity (Wildman–Crippen MR) is 106 cm³/mol. The van der Waals surface area contributed by atoms with Crippen molar-refractivity contribution in [1.82, 2.24) is 14.4 Å². The average molecular weight is 503 g/mol. The fourth-order valence-electron chi connectivity index (χ4n) is 2.92. The number of hydrogen-bond donors (Lipinski definition) is 1. The van der Waals surface area contributed by atoms with Gasteiger partial charge in [-0.2, -0.15) is 17.5 Å². The van der Waals surface area contributed by atoms with Gasteiger partial charge in [0.1, 0.15) is 29.6 Å². The fraction of sp³-hybridized carbons (Fsp3) is 0.250. The van der Waals surface area contributed by atoms with E-state index in [1.54, 1.807) is 24.5 Å². The minimum atomic E-state index is -5.08. The van der Waals surface area contributed by atoms with Crippen LogP contribution < -0.4 is 4.74 Å². The summed E-state index contributed by atoms with van der Waals surface area (Å²) in [6, 6.07) is 8.51. The molecule has 1 aliphatic rings. The highest BCUT2D eigenvalue weighted by molar-refractivity contribution is 7.89. The smallest absolute Gasteiger partial charge is 0.486 e. The Morgan fingerprint density at radius 3 is 2.59 bits per heavy atom. The van der Waals surface area contributed by atoms with Crippen molar-refractivity contribution in [2.24, 2.45) is 0 Å². The number of pyridine rings is 1. The van der Waals surface area contributed by atoms with Gasteiger partial charge in [0.25, 0.3) is 0 Å². The lowest BCUT2D eigenvalue weighted by Gasteiger charge is -2.25. The van der Waals surface area contributed by atoms with Crippen LogP contribution in [0.1, 0.15) is 17.0 Å². The van der Waals surface area contributed by atoms with E-state index in [0.717, 1.165) is 6.07 Å². The second-order valence-corrected chi connectivity index (χ2v) is 8.80. The number of carboxylic acid groups (broad SMARTS) is 1. The van der Waals surface area contributed by atoms with Gasteiger partial charge in [0.15, 0.2) is 0 Å². The van der Waals surface area contributed by atoms with Crippen molar-refractivity contribution in [2.75, 3.05) is 6.54 Å². The summed E-state index contributed by atoms with van der Waals surface area (Å²) in [4.78, 5) is 12.8. The number of ether oxygens (including phenoxy) is 1. The molecule has 2 aromatic heterocycles. The van der Waals surface area contributed by atoms with Crippen molar-refractivity contribution in [2.45, 2.75) is 30.6 Å². The van der Waals surface area contributed by atoms with E-state index < -0.39 is 28.0 Å². The fourth-order valence-corrected chi connectivity index (χ4v) is 4.36. The molecule has 0 saturated carbocycles. The Balaban J connectivity index is 0.000000406. The summed E-state index contributed by atoms with van der Waals surface area (Å²) in [6.07, 6.45) is -1.48. The van der Waals surface area contributed by atoms with Crippen molar-refractivity contribution < 1.29 is 45.1 Å². The Morgan fingerprint density at radius 2 is 1.97 bits per heavy atom. The number of carboxylic acids is 1. The summed E-state index contributed by atoms with van der Waals surface area (Å²) in [5.41, 5.74) is 1.22. The van der Waals surface area contributed by atoms with Crippen LogP contribution in [0.25, 0.3) is 0 Å². The zero-order valence-electron chi connectivity index (χ0n) is 17.2. The first kappa shape index (κ1) is 25.1. The second kappa shape index (κ2) is 10.2. The molecular weight excluding hydrogens is 486 g/mol. The molecule has 1 N–H and O–H groups in total. The van der Waals surface area contributed by atoms with E-state index in [1.165, 1.54) is 22.5 Å². The van der Waals surface area contributed by atoms with E-state index in [2.05, 4.69) is 10.1 Å². The molecule has 0 amide bonds. The summed E-state index contributed by atoms with van der Waals surface area (Å²) in [6.45, 7) is 0.478. The Morgan fingerprint density at radius 1 is 1.24 bits per heavy atom. The van der Waals surface area contributed by atoms with Crippen LogP contribution in [0.3, 0.4) is 0 Å². The normalized spacial score (nSPS) is 14.0. The Hall–Kier alpha value is -3.52. The lowest BCUT2D eigenvalue weighted by Crippen LogP contribution is -2.36. The Bertz CT molecular complexity index is 1250. The number of fused-ring (bicyclic) bond motifs is 1. The van der Waals surface area contributed by atoms with Gasteiger partial charge in [-0.05, 0) is 30.3 Å². The average Bonchev–Trinajstić information content (AvgIpc) is 3.20. The van der Waals surface area contributed by atoms with E-state index >= 15 is 0 Å². The third kappa shape index (κ3) is 6.08. The van der Waals surface area contributed by atoms with Crippen LogP contribution in [0.5, 0.6) is 5.75 Å². The molecule has 0 spiro atoms. The third-order valence-electron chi connectivity index (χ3n) is 4.56. The number of alkyl halides is 3. The number of nitrogens with zero attached hydrogens (tertiary/aromatic N) is 3. The number of aliphatic carboxylic acids is 1. The van der Waals surface area contributed by atoms with Gasteiger partial charge >= 0.3 is 12.1 Å². The molecular formula is C20H17F4N3O6S. The van der Waals surface area contributed by atoms with E-state index in [0.29, 0.717) is 29.2 Å². The van der Waals surface area contributed by atoms with Crippen LogP contribution in [0.2, 0.25) is 0 Å². The van der Waals surface area contributed by atoms with Crippen LogP contribution in [0.4, 0.5) is 17.6 Å². The van der Waals surface area contributed by atoms with Crippen LogP contribution in [-0.4, -0.2) is 46.7 Å². The maximum absolute atomic E-state index is 13.5. The highest BCUT2D eigenvalue weighted by Crippen LogP contribution is 2.28. The van der Waals surface area contributed by atoms with Gasteiger partial charge in [-0.15, -0.1) is 0 Å². The van der Waals surface area contributed by atoms with Gasteiger partial charge in [0.2, 0.25) is 10.0 Å². The minimum absolute atomic E-state index is 0.0736. The van der Waals surface area contributed by atoms with Gasteiger partial charge in [0, 0.05) is 31.3 Å². The molecule has 0 unspecified atom stereocenters. The molecule has 0 fully saturated rings. The van der Waals surface area contributed by atoms with Gasteiger partial charge in [-0.1, -0.05) is 11.2 Å². The Kier molecular flexibility index (Phi) is 7.51. The number of hydrogen-bond acceptors (Lipinski definition) is 7. The number of benzene rings is 1. The summed E-state index contributed by atoms with van der Waals surface area (Å²) in [5.74, 6) is -2.13. The highest BCUT2D eigenvalue weighted by atomic mass is 32.2. The number of sulfonamides is 1. The first-order valence-electron chi connectivity index (χ1n) is 9.53. The van der Waals surface area contributed by atoms with E-state index in [9.17, 15) is 26.0 Å². The molecule has 0 aliphatic carbocycles. The maximum atomic E-state index is 13.5. The number of carbonyl (C=O) groups is 1. The summed E-state index contributed by atoms with van der Waals surface area (Å²) in [5, 5.41) is 11.1. The van der Waals surface area contributed by atoms with Crippen LogP contribution in [0.15, 0.2) is 58.2 Å². The first-order valence-corrected chi connectivity index (χ1v) is 11.0. The number of halogens is 4. The molecule has 1 aliphatic heterocycles. The largest absolute Gasteiger partial charge is 0.490 e. The van der Waals surface area contributed by atoms with Crippen LogP contribution in [0, 0.1) is 5.82 Å². The summed E-state index contributed by atoms with van der Waals surface area (Å²) >= 11 is 0. The molecule has 9 nitrogen and oxygen atoms in total. The van der Waals surface area contributed by atoms with Crippen molar-refractivity contribution >= 4 is 16.0 Å². The summed E-state index contributed by atoms with van der Waals surface area (Å²) < 4.78 is 83.1. The number of rotatable bonds is 5. The second-order valence-electron chi connectivity index (χ2n) is 6.86. The van der Waals surface area contributed by atoms with Crippen LogP contribution in [-0.2, 0) is 34.4 Å². The molecule has 0 bridgehead atoms. The van der Waals surface area contributed by atoms with Crippen molar-refractivity contribution in [3.05, 3.63) is 71.6 Å². The molecule has 3 heterocycles.